The summed E-state index contributed by atoms with van der Waals surface area (Å²) in [5.74, 6) is 0.562. The summed E-state index contributed by atoms with van der Waals surface area (Å²) in [4.78, 5) is 34.9. The van der Waals surface area contributed by atoms with E-state index in [1.165, 1.54) is 0 Å². The summed E-state index contributed by atoms with van der Waals surface area (Å²) in [6.07, 6.45) is 4.26. The minimum atomic E-state index is -3.58. The number of hydrogen-bond donors (Lipinski definition) is 3. The van der Waals surface area contributed by atoms with Gasteiger partial charge in [0, 0.05) is 91.7 Å². The molecule has 14 heteroatoms. The third-order valence-electron chi connectivity index (χ3n) is 9.69. The number of methoxy groups -OCH3 is 1. The minimum absolute atomic E-state index is 0.0235. The molecule has 266 valence electrons. The largest absolute Gasteiger partial charge is 0.481 e. The lowest BCUT2D eigenvalue weighted by Gasteiger charge is -2.23. The Bertz CT molecular complexity index is 2110. The van der Waals surface area contributed by atoms with Crippen LogP contribution >= 0.6 is 23.2 Å². The Labute approximate surface area is 307 Å². The molecule has 2 aromatic carbocycles. The lowest BCUT2D eigenvalue weighted by molar-refractivity contribution is -0.120. The summed E-state index contributed by atoms with van der Waals surface area (Å²) >= 11 is 14.1. The fourth-order valence-electron chi connectivity index (χ4n) is 7.02. The van der Waals surface area contributed by atoms with Gasteiger partial charge < -0.3 is 20.7 Å². The molecule has 2 atom stereocenters. The molecule has 11 nitrogen and oxygen atoms in total. The summed E-state index contributed by atoms with van der Waals surface area (Å²) in [7, 11) is -2.01. The summed E-state index contributed by atoms with van der Waals surface area (Å²) in [5.41, 5.74) is 5.22. The van der Waals surface area contributed by atoms with Crippen molar-refractivity contribution in [3.05, 3.63) is 82.0 Å². The molecule has 3 N–H and O–H groups in total. The number of rotatable bonds is 10. The van der Waals surface area contributed by atoms with Gasteiger partial charge in [0.1, 0.15) is 0 Å². The quantitative estimate of drug-likeness (QED) is 0.204. The zero-order valence-electron chi connectivity index (χ0n) is 28.0. The second kappa shape index (κ2) is 14.9. The molecule has 7 rings (SSSR count). The second-order valence-corrected chi connectivity index (χ2v) is 16.0. The van der Waals surface area contributed by atoms with Gasteiger partial charge in [-0.15, -0.1) is 0 Å². The van der Waals surface area contributed by atoms with E-state index in [0.717, 1.165) is 18.4 Å². The third kappa shape index (κ3) is 7.61. The fourth-order valence-corrected chi connectivity index (χ4v) is 9.22. The van der Waals surface area contributed by atoms with Crippen LogP contribution in [0.3, 0.4) is 0 Å². The van der Waals surface area contributed by atoms with Crippen LogP contribution in [-0.4, -0.2) is 79.7 Å². The zero-order valence-corrected chi connectivity index (χ0v) is 30.4. The highest BCUT2D eigenvalue weighted by atomic mass is 35.5. The normalized spacial score (nSPS) is 20.1. The van der Waals surface area contributed by atoms with Gasteiger partial charge in [-0.2, -0.15) is 0 Å². The lowest BCUT2D eigenvalue weighted by atomic mass is 9.99. The number of carbonyl (C=O) groups excluding carboxylic acids is 2. The van der Waals surface area contributed by atoms with Crippen LogP contribution in [0.25, 0.3) is 33.6 Å². The van der Waals surface area contributed by atoms with Crippen LogP contribution in [0.4, 0.5) is 0 Å². The van der Waals surface area contributed by atoms with Crippen LogP contribution in [0.15, 0.2) is 65.7 Å². The van der Waals surface area contributed by atoms with Gasteiger partial charge in [-0.25, -0.2) is 13.4 Å². The number of sulfone groups is 1. The van der Waals surface area contributed by atoms with Crippen LogP contribution < -0.4 is 20.7 Å². The van der Waals surface area contributed by atoms with Crippen molar-refractivity contribution in [2.45, 2.75) is 55.8 Å². The summed E-state index contributed by atoms with van der Waals surface area (Å²) in [6, 6.07) is 16.7. The molecule has 2 amide bonds. The maximum Gasteiger partial charge on any atom is 0.220 e. The van der Waals surface area contributed by atoms with Crippen LogP contribution in [0.2, 0.25) is 10.0 Å². The van der Waals surface area contributed by atoms with Gasteiger partial charge in [-0.1, -0.05) is 59.6 Å². The monoisotopic (exact) mass is 748 g/mol. The van der Waals surface area contributed by atoms with Crippen molar-refractivity contribution in [1.29, 1.82) is 0 Å². The molecule has 4 aromatic rings. The van der Waals surface area contributed by atoms with Crippen molar-refractivity contribution in [2.24, 2.45) is 0 Å². The molecule has 3 aliphatic rings. The topological polar surface area (TPSA) is 143 Å². The molecule has 0 saturated carbocycles. The highest BCUT2D eigenvalue weighted by Gasteiger charge is 2.30. The Morgan fingerprint density at radius 3 is 2.43 bits per heavy atom. The molecular formula is C37H38Cl2N6O5S. The number of fused-ring (bicyclic) bond motifs is 1. The SMILES string of the molecule is COc1nc(-c2cccc(-c3ccnc(-c4ccc5c(c4)S(=O)(=O)CCN(C[C@H]4CCC(=O)N4)C5)c3Cl)c2Cl)ccc1CNC[C@@H]1CCC(=O)N1. The fraction of sp³-hybridized carbons (Fsp3) is 0.351. The highest BCUT2D eigenvalue weighted by molar-refractivity contribution is 7.91. The first-order valence-corrected chi connectivity index (χ1v) is 19.4. The van der Waals surface area contributed by atoms with Crippen LogP contribution in [0.1, 0.15) is 36.8 Å². The molecule has 0 spiro atoms. The molecule has 5 heterocycles. The molecule has 0 radical (unpaired) electrons. The molecule has 2 fully saturated rings. The van der Waals surface area contributed by atoms with E-state index in [4.69, 9.17) is 32.9 Å². The number of aromatic nitrogens is 2. The Morgan fingerprint density at radius 1 is 0.941 bits per heavy atom. The van der Waals surface area contributed by atoms with E-state index >= 15 is 0 Å². The first kappa shape index (κ1) is 35.3. The average Bonchev–Trinajstić information content (AvgIpc) is 3.71. The maximum atomic E-state index is 13.5. The number of benzene rings is 2. The van der Waals surface area contributed by atoms with E-state index in [9.17, 15) is 18.0 Å². The summed E-state index contributed by atoms with van der Waals surface area (Å²) < 4.78 is 32.6. The number of nitrogens with zero attached hydrogens (tertiary/aromatic N) is 3. The maximum absolute atomic E-state index is 13.5. The van der Waals surface area contributed by atoms with Crippen LogP contribution in [0.5, 0.6) is 5.88 Å². The molecule has 0 bridgehead atoms. The van der Waals surface area contributed by atoms with E-state index in [0.29, 0.717) is 101 Å². The molecule has 51 heavy (non-hydrogen) atoms. The predicted octanol–water partition coefficient (Wildman–Crippen LogP) is 5.03. The zero-order chi connectivity index (χ0) is 35.7. The Kier molecular flexibility index (Phi) is 10.3. The van der Waals surface area contributed by atoms with Crippen molar-refractivity contribution in [3.8, 4) is 39.5 Å². The van der Waals surface area contributed by atoms with Crippen molar-refractivity contribution in [1.82, 2.24) is 30.8 Å². The number of amides is 2. The van der Waals surface area contributed by atoms with Gasteiger partial charge in [0.2, 0.25) is 17.7 Å². The average molecular weight is 750 g/mol. The van der Waals surface area contributed by atoms with E-state index in [-0.39, 0.29) is 34.5 Å². The van der Waals surface area contributed by atoms with Crippen LogP contribution in [0, 0.1) is 0 Å². The van der Waals surface area contributed by atoms with Crippen molar-refractivity contribution < 1.29 is 22.7 Å². The van der Waals surface area contributed by atoms with Gasteiger partial charge in [0.25, 0.3) is 0 Å². The molecule has 0 unspecified atom stereocenters. The first-order chi connectivity index (χ1) is 24.6. The first-order valence-electron chi connectivity index (χ1n) is 16.9. The second-order valence-electron chi connectivity index (χ2n) is 13.2. The summed E-state index contributed by atoms with van der Waals surface area (Å²) in [6.45, 7) is 2.62. The minimum Gasteiger partial charge on any atom is -0.481 e. The van der Waals surface area contributed by atoms with Crippen molar-refractivity contribution in [2.75, 3.05) is 32.5 Å². The standard InChI is InChI=1S/C37H38Cl2N6O5S/c1-50-37-23(18-40-19-25-8-11-32(46)42-25)7-10-30(44-37)29-4-2-3-27(34(29)38)28-13-14-41-36(35(28)39)22-5-6-24-20-45(21-26-9-12-33(47)43-26)15-16-51(48,49)31(24)17-22/h2-7,10,13-14,17,25-26,40H,8-9,11-12,15-16,18-21H2,1H3,(H,42,46)(H,43,47)/t25-,26+/m0/s1. The van der Waals surface area contributed by atoms with Gasteiger partial charge in [-0.3, -0.25) is 19.5 Å². The summed E-state index contributed by atoms with van der Waals surface area (Å²) in [5, 5.41) is 10.1. The van der Waals surface area contributed by atoms with E-state index in [2.05, 4.69) is 25.8 Å². The third-order valence-corrected chi connectivity index (χ3v) is 12.2. The van der Waals surface area contributed by atoms with Gasteiger partial charge in [0.15, 0.2) is 9.84 Å². The number of hydrogen-bond acceptors (Lipinski definition) is 9. The van der Waals surface area contributed by atoms with Crippen molar-refractivity contribution >= 4 is 44.9 Å². The smallest absolute Gasteiger partial charge is 0.220 e. The van der Waals surface area contributed by atoms with Crippen molar-refractivity contribution in [3.63, 3.8) is 0 Å². The predicted molar refractivity (Wildman–Crippen MR) is 196 cm³/mol. The van der Waals surface area contributed by atoms with Gasteiger partial charge in [-0.05, 0) is 36.6 Å². The molecular weight excluding hydrogens is 711 g/mol. The molecule has 2 saturated heterocycles. The van der Waals surface area contributed by atoms with Gasteiger partial charge >= 0.3 is 0 Å². The molecule has 0 aliphatic carbocycles. The number of ether oxygens (including phenoxy) is 1. The number of carbonyl (C=O) groups is 2. The molecule has 3 aliphatic heterocycles. The number of halogens is 2. The number of nitrogens with one attached hydrogen (secondary N) is 3. The Morgan fingerprint density at radius 2 is 1.69 bits per heavy atom. The van der Waals surface area contributed by atoms with E-state index < -0.39 is 9.84 Å². The van der Waals surface area contributed by atoms with E-state index in [1.807, 2.05) is 42.5 Å². The Hall–Kier alpha value is -4.07. The lowest BCUT2D eigenvalue weighted by Crippen LogP contribution is -2.39. The van der Waals surface area contributed by atoms with Crippen LogP contribution in [-0.2, 0) is 32.5 Å². The highest BCUT2D eigenvalue weighted by Crippen LogP contribution is 2.42. The molecule has 2 aromatic heterocycles. The Balaban J connectivity index is 1.14. The van der Waals surface area contributed by atoms with Gasteiger partial charge in [0.05, 0.1) is 39.2 Å². The van der Waals surface area contributed by atoms with E-state index in [1.54, 1.807) is 25.4 Å². The number of pyridine rings is 2.